The molecule has 86 valence electrons. The molecule has 5 nitrogen and oxygen atoms in total. The zero-order valence-corrected chi connectivity index (χ0v) is 9.52. The van der Waals surface area contributed by atoms with E-state index in [0.29, 0.717) is 6.54 Å². The van der Waals surface area contributed by atoms with Crippen molar-refractivity contribution in [3.8, 4) is 0 Å². The number of methoxy groups -OCH3 is 1. The maximum atomic E-state index is 11.1. The second-order valence-electron chi connectivity index (χ2n) is 3.37. The fourth-order valence-corrected chi connectivity index (χ4v) is 0.993. The van der Waals surface area contributed by atoms with E-state index in [1.807, 2.05) is 19.0 Å². The summed E-state index contributed by atoms with van der Waals surface area (Å²) in [6.45, 7) is 2.42. The number of hydrogen-bond donors (Lipinski definition) is 0. The third kappa shape index (κ3) is 7.69. The van der Waals surface area contributed by atoms with Gasteiger partial charge < -0.3 is 14.4 Å². The van der Waals surface area contributed by atoms with Crippen LogP contribution in [0.5, 0.6) is 0 Å². The van der Waals surface area contributed by atoms with Crippen molar-refractivity contribution in [1.29, 1.82) is 0 Å². The summed E-state index contributed by atoms with van der Waals surface area (Å²) in [7, 11) is 5.01. The first-order valence-electron chi connectivity index (χ1n) is 4.57. The highest BCUT2D eigenvalue weighted by Crippen LogP contribution is 1.94. The van der Waals surface area contributed by atoms with Crippen LogP contribution in [-0.4, -0.2) is 50.7 Å². The van der Waals surface area contributed by atoms with Crippen molar-refractivity contribution in [3.63, 3.8) is 0 Å². The van der Waals surface area contributed by atoms with Gasteiger partial charge in [0, 0.05) is 18.7 Å². The minimum absolute atomic E-state index is 0.213. The van der Waals surface area contributed by atoms with Gasteiger partial charge in [0.1, 0.15) is 6.10 Å². The SMILES string of the molecule is COC(=O)C=CC(=O)OC(C)CN(C)C. The van der Waals surface area contributed by atoms with Crippen molar-refractivity contribution in [2.24, 2.45) is 0 Å². The molecule has 1 unspecified atom stereocenters. The summed E-state index contributed by atoms with van der Waals surface area (Å²) in [5.41, 5.74) is 0. The highest BCUT2D eigenvalue weighted by Gasteiger charge is 2.07. The standard InChI is InChI=1S/C10H17NO4/c1-8(7-11(2)3)15-10(13)6-5-9(12)14-4/h5-6,8H,7H2,1-4H3. The van der Waals surface area contributed by atoms with E-state index < -0.39 is 11.9 Å². The van der Waals surface area contributed by atoms with Crippen molar-refractivity contribution in [2.75, 3.05) is 27.7 Å². The molecule has 0 aliphatic carbocycles. The number of ether oxygens (including phenoxy) is 2. The van der Waals surface area contributed by atoms with E-state index in [1.54, 1.807) is 6.92 Å². The lowest BCUT2D eigenvalue weighted by Crippen LogP contribution is -2.27. The van der Waals surface area contributed by atoms with Gasteiger partial charge in [0.25, 0.3) is 0 Å². The minimum atomic E-state index is -0.577. The predicted octanol–water partition coefficient (Wildman–Crippen LogP) is 0.209. The van der Waals surface area contributed by atoms with Crippen LogP contribution >= 0.6 is 0 Å². The molecule has 0 spiro atoms. The zero-order valence-electron chi connectivity index (χ0n) is 9.52. The number of carbonyl (C=O) groups is 2. The molecule has 1 atom stereocenters. The van der Waals surface area contributed by atoms with Gasteiger partial charge in [0.2, 0.25) is 0 Å². The number of nitrogens with zero attached hydrogens (tertiary/aromatic N) is 1. The molecule has 0 amide bonds. The van der Waals surface area contributed by atoms with Gasteiger partial charge in [-0.25, -0.2) is 9.59 Å². The molecule has 0 aromatic heterocycles. The third-order valence-corrected chi connectivity index (χ3v) is 1.50. The topological polar surface area (TPSA) is 55.8 Å². The van der Waals surface area contributed by atoms with Crippen molar-refractivity contribution in [2.45, 2.75) is 13.0 Å². The van der Waals surface area contributed by atoms with Crippen LogP contribution in [-0.2, 0) is 19.1 Å². The Morgan fingerprint density at radius 2 is 1.80 bits per heavy atom. The molecule has 0 aliphatic rings. The maximum Gasteiger partial charge on any atom is 0.331 e. The molecule has 5 heteroatoms. The molecule has 0 radical (unpaired) electrons. The van der Waals surface area contributed by atoms with Crippen molar-refractivity contribution in [1.82, 2.24) is 4.90 Å². The fourth-order valence-electron chi connectivity index (χ4n) is 0.993. The molecule has 0 N–H and O–H groups in total. The lowest BCUT2D eigenvalue weighted by atomic mass is 10.4. The van der Waals surface area contributed by atoms with Gasteiger partial charge in [0.15, 0.2) is 0 Å². The van der Waals surface area contributed by atoms with Crippen LogP contribution in [0.4, 0.5) is 0 Å². The van der Waals surface area contributed by atoms with Crippen molar-refractivity contribution in [3.05, 3.63) is 12.2 Å². The van der Waals surface area contributed by atoms with Gasteiger partial charge in [-0.05, 0) is 21.0 Å². The van der Waals surface area contributed by atoms with E-state index in [4.69, 9.17) is 4.74 Å². The molecule has 0 rings (SSSR count). The summed E-state index contributed by atoms with van der Waals surface area (Å²) in [4.78, 5) is 23.7. The molecule has 15 heavy (non-hydrogen) atoms. The molecule has 0 heterocycles. The Hall–Kier alpha value is -1.36. The molecule has 0 aromatic rings. The van der Waals surface area contributed by atoms with E-state index >= 15 is 0 Å². The molecule has 0 aromatic carbocycles. The van der Waals surface area contributed by atoms with Gasteiger partial charge in [0.05, 0.1) is 7.11 Å². The molecular weight excluding hydrogens is 198 g/mol. The molecule has 0 aliphatic heterocycles. The summed E-state index contributed by atoms with van der Waals surface area (Å²) < 4.78 is 9.31. The largest absolute Gasteiger partial charge is 0.466 e. The summed E-state index contributed by atoms with van der Waals surface area (Å²) >= 11 is 0. The van der Waals surface area contributed by atoms with E-state index in [1.165, 1.54) is 7.11 Å². The smallest absolute Gasteiger partial charge is 0.331 e. The first-order chi connectivity index (χ1) is 6.95. The first-order valence-corrected chi connectivity index (χ1v) is 4.57. The Bertz CT molecular complexity index is 248. The Morgan fingerprint density at radius 3 is 2.27 bits per heavy atom. The highest BCUT2D eigenvalue weighted by molar-refractivity contribution is 5.91. The molecule has 0 fully saturated rings. The molecule has 0 bridgehead atoms. The summed E-state index contributed by atoms with van der Waals surface area (Å²) in [5.74, 6) is -1.12. The van der Waals surface area contributed by atoms with Crippen molar-refractivity contribution < 1.29 is 19.1 Å². The van der Waals surface area contributed by atoms with E-state index in [0.717, 1.165) is 12.2 Å². The van der Waals surface area contributed by atoms with Gasteiger partial charge in [-0.15, -0.1) is 0 Å². The zero-order chi connectivity index (χ0) is 11.8. The van der Waals surface area contributed by atoms with Crippen LogP contribution in [0.1, 0.15) is 6.92 Å². The monoisotopic (exact) mass is 215 g/mol. The van der Waals surface area contributed by atoms with Crippen LogP contribution in [0.2, 0.25) is 0 Å². The molecule has 0 saturated carbocycles. The van der Waals surface area contributed by atoms with E-state index in [9.17, 15) is 9.59 Å². The first kappa shape index (κ1) is 13.6. The van der Waals surface area contributed by atoms with Crippen LogP contribution in [0.15, 0.2) is 12.2 Å². The lowest BCUT2D eigenvalue weighted by molar-refractivity contribution is -0.143. The maximum absolute atomic E-state index is 11.1. The Balaban J connectivity index is 3.93. The quantitative estimate of drug-likeness (QED) is 0.484. The lowest BCUT2D eigenvalue weighted by Gasteiger charge is -2.16. The Labute approximate surface area is 89.6 Å². The Morgan fingerprint density at radius 1 is 1.27 bits per heavy atom. The van der Waals surface area contributed by atoms with E-state index in [-0.39, 0.29) is 6.10 Å². The second-order valence-corrected chi connectivity index (χ2v) is 3.37. The number of esters is 2. The number of hydrogen-bond acceptors (Lipinski definition) is 5. The van der Waals surface area contributed by atoms with E-state index in [2.05, 4.69) is 4.74 Å². The van der Waals surface area contributed by atoms with Gasteiger partial charge in [-0.2, -0.15) is 0 Å². The second kappa shape index (κ2) is 7.00. The third-order valence-electron chi connectivity index (χ3n) is 1.50. The summed E-state index contributed by atoms with van der Waals surface area (Å²) in [5, 5.41) is 0. The van der Waals surface area contributed by atoms with Gasteiger partial charge in [-0.1, -0.05) is 0 Å². The Kier molecular flexibility index (Phi) is 6.37. The number of rotatable bonds is 5. The normalized spacial score (nSPS) is 12.9. The summed E-state index contributed by atoms with van der Waals surface area (Å²) in [6.07, 6.45) is 1.87. The summed E-state index contributed by atoms with van der Waals surface area (Å²) in [6, 6.07) is 0. The number of likely N-dealkylation sites (N-methyl/N-ethyl adjacent to an activating group) is 1. The van der Waals surface area contributed by atoms with Gasteiger partial charge in [-0.3, -0.25) is 0 Å². The van der Waals surface area contributed by atoms with Crippen LogP contribution in [0.3, 0.4) is 0 Å². The highest BCUT2D eigenvalue weighted by atomic mass is 16.5. The van der Waals surface area contributed by atoms with Crippen LogP contribution in [0, 0.1) is 0 Å². The fraction of sp³-hybridized carbons (Fsp3) is 0.600. The number of carbonyl (C=O) groups excluding carboxylic acids is 2. The predicted molar refractivity (Wildman–Crippen MR) is 55.3 cm³/mol. The molecule has 0 saturated heterocycles. The average Bonchev–Trinajstić information content (AvgIpc) is 2.12. The van der Waals surface area contributed by atoms with Crippen LogP contribution < -0.4 is 0 Å². The minimum Gasteiger partial charge on any atom is -0.466 e. The average molecular weight is 215 g/mol. The van der Waals surface area contributed by atoms with Crippen LogP contribution in [0.25, 0.3) is 0 Å². The van der Waals surface area contributed by atoms with Crippen molar-refractivity contribution >= 4 is 11.9 Å². The molecular formula is C10H17NO4. The van der Waals surface area contributed by atoms with Gasteiger partial charge >= 0.3 is 11.9 Å².